The van der Waals surface area contributed by atoms with Crippen molar-refractivity contribution in [2.75, 3.05) is 4.90 Å². The van der Waals surface area contributed by atoms with Crippen LogP contribution in [0.15, 0.2) is 267 Å². The van der Waals surface area contributed by atoms with Gasteiger partial charge >= 0.3 is 0 Å². The summed E-state index contributed by atoms with van der Waals surface area (Å²) in [5.74, 6) is 0. The molecule has 318 valence electrons. The molecular formula is C66H44N2. The van der Waals surface area contributed by atoms with E-state index in [1.807, 2.05) is 0 Å². The monoisotopic (exact) mass is 864 g/mol. The predicted molar refractivity (Wildman–Crippen MR) is 290 cm³/mol. The van der Waals surface area contributed by atoms with E-state index in [0.29, 0.717) is 0 Å². The van der Waals surface area contributed by atoms with Crippen LogP contribution in [0.25, 0.3) is 104 Å². The molecule has 68 heavy (non-hydrogen) atoms. The van der Waals surface area contributed by atoms with Gasteiger partial charge in [0, 0.05) is 33.5 Å². The summed E-state index contributed by atoms with van der Waals surface area (Å²) in [4.78, 5) is 2.43. The molecule has 0 N–H and O–H groups in total. The molecule has 0 aliphatic heterocycles. The first-order valence-electron chi connectivity index (χ1n) is 23.4. The van der Waals surface area contributed by atoms with Gasteiger partial charge in [-0.15, -0.1) is 0 Å². The third-order valence-corrected chi connectivity index (χ3v) is 13.7. The molecule has 0 radical (unpaired) electrons. The zero-order chi connectivity index (χ0) is 45.0. The number of nitrogens with zero attached hydrogens (tertiary/aromatic N) is 2. The molecule has 1 aromatic heterocycles. The van der Waals surface area contributed by atoms with Crippen molar-refractivity contribution in [2.45, 2.75) is 0 Å². The number of hydrogen-bond acceptors (Lipinski definition) is 1. The average Bonchev–Trinajstić information content (AvgIpc) is 3.74. The van der Waals surface area contributed by atoms with Gasteiger partial charge in [-0.05, 0) is 156 Å². The molecule has 0 saturated carbocycles. The van der Waals surface area contributed by atoms with E-state index in [1.165, 1.54) is 81.9 Å². The second-order valence-electron chi connectivity index (χ2n) is 17.7. The standard InChI is InChI=1S/C66H44N2/c1-4-16-45(17-5-1)54-39-55(46-18-6-2-7-19-46)42-59(41-54)67(57-35-32-47(33-36-57)51-34-37-61-53(38-51)31-30-48-20-12-13-27-60(48)61)58-26-14-23-52(40-58)62-28-15-29-64-66(62)63-43-49-21-10-11-22-50(49)44-65(63)68(64)56-24-8-3-9-25-56/h1-44H. The number of para-hydroxylation sites is 1. The highest BCUT2D eigenvalue weighted by atomic mass is 15.1. The second kappa shape index (κ2) is 16.5. The fraction of sp³-hybridized carbons (Fsp3) is 0. The topological polar surface area (TPSA) is 8.17 Å². The Balaban J connectivity index is 1.00. The van der Waals surface area contributed by atoms with Crippen LogP contribution in [0.5, 0.6) is 0 Å². The Kier molecular flexibility index (Phi) is 9.54. The summed E-state index contributed by atoms with van der Waals surface area (Å²) in [7, 11) is 0. The van der Waals surface area contributed by atoms with E-state index in [4.69, 9.17) is 0 Å². The molecule has 0 fully saturated rings. The van der Waals surface area contributed by atoms with Crippen LogP contribution < -0.4 is 4.90 Å². The van der Waals surface area contributed by atoms with Crippen LogP contribution in [-0.4, -0.2) is 4.57 Å². The van der Waals surface area contributed by atoms with Crippen LogP contribution in [0.2, 0.25) is 0 Å². The second-order valence-corrected chi connectivity index (χ2v) is 17.7. The Labute approximate surface area is 395 Å². The fourth-order valence-corrected chi connectivity index (χ4v) is 10.4. The van der Waals surface area contributed by atoms with Gasteiger partial charge in [0.15, 0.2) is 0 Å². The van der Waals surface area contributed by atoms with Crippen molar-refractivity contribution in [1.29, 1.82) is 0 Å². The van der Waals surface area contributed by atoms with E-state index < -0.39 is 0 Å². The lowest BCUT2D eigenvalue weighted by molar-refractivity contribution is 1.18. The number of benzene rings is 12. The Morgan fingerprint density at radius 3 is 1.54 bits per heavy atom. The normalized spacial score (nSPS) is 11.5. The Hall–Kier alpha value is -8.98. The van der Waals surface area contributed by atoms with Crippen molar-refractivity contribution in [3.63, 3.8) is 0 Å². The van der Waals surface area contributed by atoms with E-state index >= 15 is 0 Å². The van der Waals surface area contributed by atoms with Gasteiger partial charge in [0.25, 0.3) is 0 Å². The zero-order valence-electron chi connectivity index (χ0n) is 37.3. The highest BCUT2D eigenvalue weighted by molar-refractivity contribution is 6.19. The summed E-state index contributed by atoms with van der Waals surface area (Å²) in [6.45, 7) is 0. The van der Waals surface area contributed by atoms with Gasteiger partial charge in [-0.25, -0.2) is 0 Å². The number of fused-ring (bicyclic) bond motifs is 7. The summed E-state index contributed by atoms with van der Waals surface area (Å²) in [5.41, 5.74) is 16.1. The van der Waals surface area contributed by atoms with Gasteiger partial charge in [0.2, 0.25) is 0 Å². The lowest BCUT2D eigenvalue weighted by Gasteiger charge is -2.27. The molecule has 0 aliphatic rings. The van der Waals surface area contributed by atoms with Crippen LogP contribution in [-0.2, 0) is 0 Å². The number of rotatable bonds is 8. The molecule has 13 rings (SSSR count). The van der Waals surface area contributed by atoms with E-state index in [-0.39, 0.29) is 0 Å². The fourth-order valence-electron chi connectivity index (χ4n) is 10.4. The maximum atomic E-state index is 2.43. The van der Waals surface area contributed by atoms with Gasteiger partial charge in [-0.3, -0.25) is 0 Å². The Bertz CT molecular complexity index is 3940. The van der Waals surface area contributed by atoms with Crippen LogP contribution in [0.3, 0.4) is 0 Å². The van der Waals surface area contributed by atoms with Crippen molar-refractivity contribution < 1.29 is 0 Å². The average molecular weight is 865 g/mol. The van der Waals surface area contributed by atoms with Crippen molar-refractivity contribution in [3.8, 4) is 50.2 Å². The van der Waals surface area contributed by atoms with Gasteiger partial charge in [-0.2, -0.15) is 0 Å². The first-order valence-corrected chi connectivity index (χ1v) is 23.4. The lowest BCUT2D eigenvalue weighted by Crippen LogP contribution is -2.10. The summed E-state index contributed by atoms with van der Waals surface area (Å²) in [6, 6.07) is 97.7. The van der Waals surface area contributed by atoms with Crippen LogP contribution >= 0.6 is 0 Å². The molecule has 2 nitrogen and oxygen atoms in total. The number of hydrogen-bond donors (Lipinski definition) is 0. The van der Waals surface area contributed by atoms with E-state index in [0.717, 1.165) is 39.4 Å². The summed E-state index contributed by atoms with van der Waals surface area (Å²) in [5, 5.41) is 10.00. The van der Waals surface area contributed by atoms with Gasteiger partial charge < -0.3 is 9.47 Å². The first kappa shape index (κ1) is 39.4. The molecule has 0 spiro atoms. The molecule has 1 heterocycles. The largest absolute Gasteiger partial charge is 0.310 e. The first-order chi connectivity index (χ1) is 33.7. The van der Waals surface area contributed by atoms with Crippen LogP contribution in [0, 0.1) is 0 Å². The molecule has 0 aliphatic carbocycles. The van der Waals surface area contributed by atoms with Crippen molar-refractivity contribution >= 4 is 71.2 Å². The van der Waals surface area contributed by atoms with Crippen molar-refractivity contribution in [3.05, 3.63) is 267 Å². The van der Waals surface area contributed by atoms with Gasteiger partial charge in [0.05, 0.1) is 11.0 Å². The van der Waals surface area contributed by atoms with Crippen molar-refractivity contribution in [2.24, 2.45) is 0 Å². The lowest BCUT2D eigenvalue weighted by atomic mass is 9.96. The molecule has 2 heteroatoms. The molecule has 0 atom stereocenters. The van der Waals surface area contributed by atoms with Gasteiger partial charge in [-0.1, -0.05) is 188 Å². The molecule has 0 bridgehead atoms. The molecule has 13 aromatic rings. The highest BCUT2D eigenvalue weighted by Crippen LogP contribution is 2.44. The molecule has 12 aromatic carbocycles. The maximum Gasteiger partial charge on any atom is 0.0547 e. The van der Waals surface area contributed by atoms with E-state index in [9.17, 15) is 0 Å². The SMILES string of the molecule is c1ccc(-c2cc(-c3ccccc3)cc(N(c3ccc(-c4ccc5c(ccc6ccccc65)c4)cc3)c3cccc(-c4cccc5c4c4cc6ccccc6cc4n5-c4ccccc4)c3)c2)cc1. The smallest absolute Gasteiger partial charge is 0.0547 e. The minimum atomic E-state index is 1.08. The van der Waals surface area contributed by atoms with Gasteiger partial charge in [0.1, 0.15) is 0 Å². The zero-order valence-corrected chi connectivity index (χ0v) is 37.3. The summed E-state index contributed by atoms with van der Waals surface area (Å²) < 4.78 is 2.43. The molecular weight excluding hydrogens is 821 g/mol. The summed E-state index contributed by atoms with van der Waals surface area (Å²) in [6.07, 6.45) is 0. The van der Waals surface area contributed by atoms with Crippen molar-refractivity contribution in [1.82, 2.24) is 4.57 Å². The number of aromatic nitrogens is 1. The summed E-state index contributed by atoms with van der Waals surface area (Å²) >= 11 is 0. The molecule has 0 unspecified atom stereocenters. The van der Waals surface area contributed by atoms with E-state index in [1.54, 1.807) is 0 Å². The minimum absolute atomic E-state index is 1.08. The Morgan fingerprint density at radius 2 is 0.809 bits per heavy atom. The third-order valence-electron chi connectivity index (χ3n) is 13.7. The third kappa shape index (κ3) is 6.90. The van der Waals surface area contributed by atoms with Crippen LogP contribution in [0.1, 0.15) is 0 Å². The predicted octanol–water partition coefficient (Wildman–Crippen LogP) is 18.4. The van der Waals surface area contributed by atoms with E-state index in [2.05, 4.69) is 276 Å². The quantitative estimate of drug-likeness (QED) is 0.138. The van der Waals surface area contributed by atoms with Crippen LogP contribution in [0.4, 0.5) is 17.1 Å². The number of anilines is 3. The maximum absolute atomic E-state index is 2.43. The Morgan fingerprint density at radius 1 is 0.250 bits per heavy atom. The highest BCUT2D eigenvalue weighted by Gasteiger charge is 2.20. The molecule has 0 saturated heterocycles. The minimum Gasteiger partial charge on any atom is -0.310 e. The molecule has 0 amide bonds.